The highest BCUT2D eigenvalue weighted by Crippen LogP contribution is 2.12. The summed E-state index contributed by atoms with van der Waals surface area (Å²) in [6, 6.07) is 9.64. The SMILES string of the molecule is C/C=C/C(C/C=N/NC(N)=O)Cc1ccccc1. The molecule has 0 spiro atoms. The third kappa shape index (κ3) is 5.84. The number of nitrogens with two attached hydrogens (primary N) is 1. The summed E-state index contributed by atoms with van der Waals surface area (Å²) in [5.74, 6) is 0.371. The number of hydrogen-bond donors (Lipinski definition) is 2. The third-order valence-corrected chi connectivity index (χ3v) is 2.48. The molecule has 0 saturated heterocycles. The maximum Gasteiger partial charge on any atom is 0.332 e. The van der Waals surface area contributed by atoms with E-state index in [1.54, 1.807) is 6.21 Å². The zero-order chi connectivity index (χ0) is 13.2. The first-order chi connectivity index (χ1) is 8.72. The van der Waals surface area contributed by atoms with Gasteiger partial charge < -0.3 is 5.73 Å². The van der Waals surface area contributed by atoms with Gasteiger partial charge >= 0.3 is 6.03 Å². The summed E-state index contributed by atoms with van der Waals surface area (Å²) in [7, 11) is 0. The van der Waals surface area contributed by atoms with Crippen LogP contribution < -0.4 is 11.2 Å². The van der Waals surface area contributed by atoms with Crippen molar-refractivity contribution in [2.24, 2.45) is 16.8 Å². The quantitative estimate of drug-likeness (QED) is 0.451. The lowest BCUT2D eigenvalue weighted by Gasteiger charge is -2.09. The summed E-state index contributed by atoms with van der Waals surface area (Å²) in [4.78, 5) is 10.4. The van der Waals surface area contributed by atoms with E-state index in [0.717, 1.165) is 12.8 Å². The van der Waals surface area contributed by atoms with Gasteiger partial charge in [0.1, 0.15) is 0 Å². The van der Waals surface area contributed by atoms with E-state index in [1.807, 2.05) is 31.2 Å². The van der Waals surface area contributed by atoms with E-state index >= 15 is 0 Å². The Morgan fingerprint density at radius 2 is 2.17 bits per heavy atom. The van der Waals surface area contributed by atoms with Gasteiger partial charge in [-0.2, -0.15) is 5.10 Å². The van der Waals surface area contributed by atoms with Crippen LogP contribution in [0.5, 0.6) is 0 Å². The van der Waals surface area contributed by atoms with E-state index in [1.165, 1.54) is 5.56 Å². The molecule has 2 amide bonds. The molecule has 1 unspecified atom stereocenters. The number of nitrogens with one attached hydrogen (secondary N) is 1. The van der Waals surface area contributed by atoms with Crippen molar-refractivity contribution >= 4 is 12.2 Å². The van der Waals surface area contributed by atoms with E-state index in [4.69, 9.17) is 5.73 Å². The highest BCUT2D eigenvalue weighted by atomic mass is 16.2. The molecule has 0 saturated carbocycles. The van der Waals surface area contributed by atoms with Crippen LogP contribution in [0.2, 0.25) is 0 Å². The molecule has 4 nitrogen and oxygen atoms in total. The Morgan fingerprint density at radius 3 is 2.78 bits per heavy atom. The molecule has 4 heteroatoms. The van der Waals surface area contributed by atoms with E-state index < -0.39 is 6.03 Å². The number of carbonyl (C=O) groups excluding carboxylic acids is 1. The number of benzene rings is 1. The number of primary amides is 1. The second-order valence-electron chi connectivity index (χ2n) is 4.00. The summed E-state index contributed by atoms with van der Waals surface area (Å²) in [6.07, 6.45) is 7.57. The van der Waals surface area contributed by atoms with Crippen molar-refractivity contribution in [2.75, 3.05) is 0 Å². The number of allylic oxidation sites excluding steroid dienone is 2. The van der Waals surface area contributed by atoms with Crippen LogP contribution >= 0.6 is 0 Å². The van der Waals surface area contributed by atoms with Crippen LogP contribution in [-0.2, 0) is 6.42 Å². The molecule has 0 heterocycles. The summed E-state index contributed by atoms with van der Waals surface area (Å²) in [5, 5.41) is 3.75. The topological polar surface area (TPSA) is 67.5 Å². The Labute approximate surface area is 108 Å². The van der Waals surface area contributed by atoms with Crippen molar-refractivity contribution < 1.29 is 4.79 Å². The Balaban J connectivity index is 2.50. The van der Waals surface area contributed by atoms with E-state index in [-0.39, 0.29) is 0 Å². The fourth-order valence-corrected chi connectivity index (χ4v) is 1.72. The second kappa shape index (κ2) is 8.06. The van der Waals surface area contributed by atoms with Gasteiger partial charge in [0, 0.05) is 6.21 Å². The number of amides is 2. The predicted octanol–water partition coefficient (Wildman–Crippen LogP) is 2.47. The summed E-state index contributed by atoms with van der Waals surface area (Å²) in [6.45, 7) is 2.00. The van der Waals surface area contributed by atoms with Crippen LogP contribution in [0.1, 0.15) is 18.9 Å². The molecule has 0 bridgehead atoms. The minimum atomic E-state index is -0.642. The fourth-order valence-electron chi connectivity index (χ4n) is 1.72. The molecule has 0 fully saturated rings. The number of carbonyl (C=O) groups is 1. The van der Waals surface area contributed by atoms with Crippen molar-refractivity contribution in [3.05, 3.63) is 48.0 Å². The van der Waals surface area contributed by atoms with Crippen molar-refractivity contribution in [3.8, 4) is 0 Å². The molecule has 18 heavy (non-hydrogen) atoms. The molecule has 1 rings (SSSR count). The van der Waals surface area contributed by atoms with E-state index in [2.05, 4.69) is 28.7 Å². The predicted molar refractivity (Wildman–Crippen MR) is 74.3 cm³/mol. The van der Waals surface area contributed by atoms with Crippen molar-refractivity contribution in [1.82, 2.24) is 5.43 Å². The monoisotopic (exact) mass is 245 g/mol. The first kappa shape index (κ1) is 14.0. The summed E-state index contributed by atoms with van der Waals surface area (Å²) < 4.78 is 0. The highest BCUT2D eigenvalue weighted by Gasteiger charge is 2.04. The van der Waals surface area contributed by atoms with Gasteiger partial charge in [-0.1, -0.05) is 42.5 Å². The molecule has 1 aromatic carbocycles. The Morgan fingerprint density at radius 1 is 1.44 bits per heavy atom. The highest BCUT2D eigenvalue weighted by molar-refractivity contribution is 5.72. The maximum atomic E-state index is 10.4. The lowest BCUT2D eigenvalue weighted by Crippen LogP contribution is -2.24. The average molecular weight is 245 g/mol. The van der Waals surface area contributed by atoms with Gasteiger partial charge in [0.2, 0.25) is 0 Å². The number of hydrazone groups is 1. The molecule has 3 N–H and O–H groups in total. The van der Waals surface area contributed by atoms with Crippen LogP contribution in [-0.4, -0.2) is 12.2 Å². The van der Waals surface area contributed by atoms with Crippen molar-refractivity contribution in [2.45, 2.75) is 19.8 Å². The number of nitrogens with zero attached hydrogens (tertiary/aromatic N) is 1. The van der Waals surface area contributed by atoms with Gasteiger partial charge in [-0.05, 0) is 31.2 Å². The van der Waals surface area contributed by atoms with E-state index in [0.29, 0.717) is 5.92 Å². The van der Waals surface area contributed by atoms with Crippen LogP contribution in [0.15, 0.2) is 47.6 Å². The molecule has 1 aromatic rings. The fraction of sp³-hybridized carbons (Fsp3) is 0.286. The first-order valence-corrected chi connectivity index (χ1v) is 5.96. The van der Waals surface area contributed by atoms with Gasteiger partial charge in [-0.3, -0.25) is 0 Å². The lowest BCUT2D eigenvalue weighted by molar-refractivity contribution is 0.249. The first-order valence-electron chi connectivity index (χ1n) is 5.96. The van der Waals surface area contributed by atoms with Crippen molar-refractivity contribution in [3.63, 3.8) is 0 Å². The molecule has 0 aliphatic rings. The van der Waals surface area contributed by atoms with Gasteiger partial charge in [0.05, 0.1) is 0 Å². The summed E-state index contributed by atoms with van der Waals surface area (Å²) in [5.41, 5.74) is 8.39. The summed E-state index contributed by atoms with van der Waals surface area (Å²) >= 11 is 0. The van der Waals surface area contributed by atoms with Gasteiger partial charge in [-0.15, -0.1) is 0 Å². The Kier molecular flexibility index (Phi) is 6.25. The zero-order valence-corrected chi connectivity index (χ0v) is 10.5. The van der Waals surface area contributed by atoms with Crippen LogP contribution in [0.3, 0.4) is 0 Å². The van der Waals surface area contributed by atoms with Crippen LogP contribution in [0.25, 0.3) is 0 Å². The van der Waals surface area contributed by atoms with Crippen LogP contribution in [0.4, 0.5) is 4.79 Å². The second-order valence-corrected chi connectivity index (χ2v) is 4.00. The Bertz CT molecular complexity index is 412. The lowest BCUT2D eigenvalue weighted by atomic mass is 9.96. The zero-order valence-electron chi connectivity index (χ0n) is 10.5. The molecular weight excluding hydrogens is 226 g/mol. The molecule has 96 valence electrons. The molecule has 1 atom stereocenters. The smallest absolute Gasteiger partial charge is 0.332 e. The number of rotatable bonds is 6. The van der Waals surface area contributed by atoms with Crippen LogP contribution in [0, 0.1) is 5.92 Å². The van der Waals surface area contributed by atoms with Gasteiger partial charge in [0.25, 0.3) is 0 Å². The average Bonchev–Trinajstić information content (AvgIpc) is 2.36. The van der Waals surface area contributed by atoms with Gasteiger partial charge in [0.15, 0.2) is 0 Å². The van der Waals surface area contributed by atoms with Crippen molar-refractivity contribution in [1.29, 1.82) is 0 Å². The van der Waals surface area contributed by atoms with E-state index in [9.17, 15) is 4.79 Å². The largest absolute Gasteiger partial charge is 0.350 e. The Hall–Kier alpha value is -2.10. The minimum absolute atomic E-state index is 0.371. The normalized spacial score (nSPS) is 12.9. The third-order valence-electron chi connectivity index (χ3n) is 2.48. The number of urea groups is 1. The molecule has 0 aromatic heterocycles. The molecule has 0 aliphatic carbocycles. The molecular formula is C14H19N3O. The maximum absolute atomic E-state index is 10.4. The minimum Gasteiger partial charge on any atom is -0.350 e. The number of hydrogen-bond acceptors (Lipinski definition) is 2. The standard InChI is InChI=1S/C14H19N3O/c1-2-6-12(9-10-16-17-14(15)18)11-13-7-4-3-5-8-13/h2-8,10,12H,9,11H2,1H3,(H3,15,17,18)/b6-2+,16-10+. The molecule has 0 aliphatic heterocycles. The molecule has 0 radical (unpaired) electrons. The van der Waals surface area contributed by atoms with Gasteiger partial charge in [-0.25, -0.2) is 10.2 Å².